The highest BCUT2D eigenvalue weighted by Crippen LogP contribution is 2.28. The summed E-state index contributed by atoms with van der Waals surface area (Å²) in [5.41, 5.74) is 0.859. The SMILES string of the molecule is Cn1cc(CC(CO)NC(=O)c2sccc2S(=O)(=O)N2CCC(CO)CC2)cn1. The van der Waals surface area contributed by atoms with E-state index < -0.39 is 22.0 Å². The first-order valence-electron chi connectivity index (χ1n) is 9.43. The van der Waals surface area contributed by atoms with Crippen LogP contribution >= 0.6 is 11.3 Å². The first-order chi connectivity index (χ1) is 13.8. The maximum Gasteiger partial charge on any atom is 0.263 e. The highest BCUT2D eigenvalue weighted by Gasteiger charge is 2.33. The zero-order valence-electron chi connectivity index (χ0n) is 16.2. The van der Waals surface area contributed by atoms with E-state index in [1.165, 1.54) is 10.4 Å². The lowest BCUT2D eigenvalue weighted by Gasteiger charge is -2.30. The summed E-state index contributed by atoms with van der Waals surface area (Å²) >= 11 is 1.06. The van der Waals surface area contributed by atoms with Gasteiger partial charge in [0.05, 0.1) is 18.8 Å². The molecule has 0 spiro atoms. The second-order valence-corrected chi connectivity index (χ2v) is 10.0. The van der Waals surface area contributed by atoms with Crippen LogP contribution in [0.2, 0.25) is 0 Å². The summed E-state index contributed by atoms with van der Waals surface area (Å²) in [4.78, 5) is 12.9. The summed E-state index contributed by atoms with van der Waals surface area (Å²) in [6.45, 7) is 0.428. The fourth-order valence-corrected chi connectivity index (χ4v) is 6.18. The van der Waals surface area contributed by atoms with Crippen LogP contribution < -0.4 is 5.32 Å². The Morgan fingerprint density at radius 1 is 1.38 bits per heavy atom. The van der Waals surface area contributed by atoms with Gasteiger partial charge in [0.15, 0.2) is 0 Å². The van der Waals surface area contributed by atoms with Crippen LogP contribution in [0.15, 0.2) is 28.7 Å². The second-order valence-electron chi connectivity index (χ2n) is 7.22. The van der Waals surface area contributed by atoms with Gasteiger partial charge in [-0.1, -0.05) is 0 Å². The van der Waals surface area contributed by atoms with Crippen molar-refractivity contribution in [3.8, 4) is 0 Å². The molecule has 0 saturated carbocycles. The predicted molar refractivity (Wildman–Crippen MR) is 108 cm³/mol. The van der Waals surface area contributed by atoms with Crippen LogP contribution in [-0.2, 0) is 23.5 Å². The number of nitrogens with one attached hydrogen (secondary N) is 1. The molecule has 1 amide bonds. The molecule has 3 rings (SSSR count). The van der Waals surface area contributed by atoms with E-state index in [1.807, 2.05) is 0 Å². The van der Waals surface area contributed by atoms with Crippen LogP contribution in [0.1, 0.15) is 28.1 Å². The van der Waals surface area contributed by atoms with Gasteiger partial charge in [-0.05, 0) is 42.2 Å². The molecule has 11 heteroatoms. The van der Waals surface area contributed by atoms with Crippen LogP contribution in [0, 0.1) is 5.92 Å². The Morgan fingerprint density at radius 2 is 2.10 bits per heavy atom. The van der Waals surface area contributed by atoms with Gasteiger partial charge in [0, 0.05) is 32.9 Å². The smallest absolute Gasteiger partial charge is 0.263 e. The molecule has 0 aliphatic carbocycles. The zero-order chi connectivity index (χ0) is 21.0. The van der Waals surface area contributed by atoms with Gasteiger partial charge in [-0.3, -0.25) is 9.48 Å². The lowest BCUT2D eigenvalue weighted by atomic mass is 10.00. The topological polar surface area (TPSA) is 125 Å². The number of hydrogen-bond donors (Lipinski definition) is 3. The molecule has 1 aliphatic heterocycles. The minimum absolute atomic E-state index is 0.0134. The van der Waals surface area contributed by atoms with E-state index in [1.54, 1.807) is 29.5 Å². The molecule has 160 valence electrons. The van der Waals surface area contributed by atoms with Gasteiger partial charge in [0.2, 0.25) is 10.0 Å². The molecule has 1 aliphatic rings. The number of rotatable bonds is 8. The minimum atomic E-state index is -3.80. The van der Waals surface area contributed by atoms with E-state index in [9.17, 15) is 23.4 Å². The quantitative estimate of drug-likeness (QED) is 0.537. The Morgan fingerprint density at radius 3 is 2.69 bits per heavy atom. The number of piperidine rings is 1. The first kappa shape index (κ1) is 21.9. The summed E-state index contributed by atoms with van der Waals surface area (Å²) in [6, 6.07) is 0.895. The number of aliphatic hydroxyl groups excluding tert-OH is 2. The number of carbonyl (C=O) groups is 1. The first-order valence-corrected chi connectivity index (χ1v) is 11.7. The van der Waals surface area contributed by atoms with Gasteiger partial charge >= 0.3 is 0 Å². The molecule has 0 bridgehead atoms. The summed E-state index contributed by atoms with van der Waals surface area (Å²) in [5, 5.41) is 27.3. The lowest BCUT2D eigenvalue weighted by molar-refractivity contribution is 0.0917. The number of amides is 1. The number of carbonyl (C=O) groups excluding carboxylic acids is 1. The van der Waals surface area contributed by atoms with E-state index in [-0.39, 0.29) is 28.9 Å². The maximum atomic E-state index is 13.0. The molecule has 1 saturated heterocycles. The maximum absolute atomic E-state index is 13.0. The molecule has 29 heavy (non-hydrogen) atoms. The molecule has 1 atom stereocenters. The van der Waals surface area contributed by atoms with Gasteiger partial charge in [0.1, 0.15) is 9.77 Å². The van der Waals surface area contributed by atoms with Crippen LogP contribution in [-0.4, -0.2) is 71.0 Å². The van der Waals surface area contributed by atoms with E-state index in [4.69, 9.17) is 0 Å². The van der Waals surface area contributed by atoms with Gasteiger partial charge in [0.25, 0.3) is 5.91 Å². The van der Waals surface area contributed by atoms with Gasteiger partial charge in [-0.25, -0.2) is 8.42 Å². The molecule has 3 heterocycles. The minimum Gasteiger partial charge on any atom is -0.396 e. The summed E-state index contributed by atoms with van der Waals surface area (Å²) in [5.74, 6) is -0.406. The van der Waals surface area contributed by atoms with Crippen molar-refractivity contribution >= 4 is 27.3 Å². The average molecular weight is 443 g/mol. The number of aliphatic hydroxyl groups is 2. The normalized spacial score (nSPS) is 17.3. The van der Waals surface area contributed by atoms with Crippen molar-refractivity contribution in [2.75, 3.05) is 26.3 Å². The van der Waals surface area contributed by atoms with Crippen molar-refractivity contribution in [3.05, 3.63) is 34.3 Å². The second kappa shape index (κ2) is 9.35. The number of aryl methyl sites for hydroxylation is 1. The van der Waals surface area contributed by atoms with E-state index >= 15 is 0 Å². The molecule has 1 unspecified atom stereocenters. The van der Waals surface area contributed by atoms with E-state index in [0.717, 1.165) is 16.9 Å². The Balaban J connectivity index is 1.72. The molecule has 2 aromatic heterocycles. The van der Waals surface area contributed by atoms with Crippen LogP contribution in [0.5, 0.6) is 0 Å². The van der Waals surface area contributed by atoms with Crippen molar-refractivity contribution in [2.45, 2.75) is 30.2 Å². The standard InChI is InChI=1S/C18H26N4O5S2/c1-21-10-14(9-19-21)8-15(12-24)20-18(25)17-16(4-7-28-17)29(26,27)22-5-2-13(11-23)3-6-22/h4,7,9-10,13,15,23-24H,2-3,5-6,8,11-12H2,1H3,(H,20,25). The summed E-state index contributed by atoms with van der Waals surface area (Å²) in [7, 11) is -2.02. The Hall–Kier alpha value is -1.79. The van der Waals surface area contributed by atoms with Crippen molar-refractivity contribution < 1.29 is 23.4 Å². The molecular formula is C18H26N4O5S2. The largest absolute Gasteiger partial charge is 0.396 e. The summed E-state index contributed by atoms with van der Waals surface area (Å²) in [6.07, 6.45) is 5.04. The Labute approximate surface area is 174 Å². The lowest BCUT2D eigenvalue weighted by Crippen LogP contribution is -2.41. The fourth-order valence-electron chi connectivity index (χ4n) is 3.41. The molecule has 3 N–H and O–H groups in total. The van der Waals surface area contributed by atoms with Crippen molar-refractivity contribution in [1.29, 1.82) is 0 Å². The number of nitrogens with zero attached hydrogens (tertiary/aromatic N) is 3. The van der Waals surface area contributed by atoms with Crippen molar-refractivity contribution in [3.63, 3.8) is 0 Å². The molecule has 0 radical (unpaired) electrons. The van der Waals surface area contributed by atoms with E-state index in [0.29, 0.717) is 32.4 Å². The summed E-state index contributed by atoms with van der Waals surface area (Å²) < 4.78 is 29.1. The molecule has 0 aromatic carbocycles. The van der Waals surface area contributed by atoms with Gasteiger partial charge < -0.3 is 15.5 Å². The van der Waals surface area contributed by atoms with Crippen LogP contribution in [0.4, 0.5) is 0 Å². The highest BCUT2D eigenvalue weighted by atomic mass is 32.2. The van der Waals surface area contributed by atoms with Crippen LogP contribution in [0.25, 0.3) is 0 Å². The van der Waals surface area contributed by atoms with Crippen LogP contribution in [0.3, 0.4) is 0 Å². The number of thiophene rings is 1. The number of aromatic nitrogens is 2. The Kier molecular flexibility index (Phi) is 7.06. The molecular weight excluding hydrogens is 416 g/mol. The van der Waals surface area contributed by atoms with Gasteiger partial charge in [-0.15, -0.1) is 11.3 Å². The average Bonchev–Trinajstić information content (AvgIpc) is 3.37. The fraction of sp³-hybridized carbons (Fsp3) is 0.556. The highest BCUT2D eigenvalue weighted by molar-refractivity contribution is 7.89. The number of hydrogen-bond acceptors (Lipinski definition) is 7. The molecule has 9 nitrogen and oxygen atoms in total. The number of sulfonamides is 1. The van der Waals surface area contributed by atoms with Crippen molar-refractivity contribution in [2.24, 2.45) is 13.0 Å². The monoisotopic (exact) mass is 442 g/mol. The molecule has 1 fully saturated rings. The third-order valence-corrected chi connectivity index (χ3v) is 8.06. The molecule has 2 aromatic rings. The zero-order valence-corrected chi connectivity index (χ0v) is 17.8. The predicted octanol–water partition coefficient (Wildman–Crippen LogP) is 0.208. The third kappa shape index (κ3) is 5.04. The third-order valence-electron chi connectivity index (χ3n) is 5.08. The van der Waals surface area contributed by atoms with E-state index in [2.05, 4.69) is 10.4 Å². The van der Waals surface area contributed by atoms with Gasteiger partial charge in [-0.2, -0.15) is 9.40 Å². The Bertz CT molecular complexity index is 932. The van der Waals surface area contributed by atoms with Crippen molar-refractivity contribution in [1.82, 2.24) is 19.4 Å².